The number of ether oxygens (including phenoxy) is 1. The van der Waals surface area contributed by atoms with Gasteiger partial charge >= 0.3 is 0 Å². The van der Waals surface area contributed by atoms with Gasteiger partial charge in [-0.05, 0) is 31.1 Å². The Labute approximate surface area is 120 Å². The number of thiocarbonyl (C=S) groups is 1. The molecule has 0 aromatic heterocycles. The van der Waals surface area contributed by atoms with Crippen molar-refractivity contribution in [3.05, 3.63) is 35.4 Å². The van der Waals surface area contributed by atoms with E-state index >= 15 is 0 Å². The maximum Gasteiger partial charge on any atom is 0.258 e. The van der Waals surface area contributed by atoms with Gasteiger partial charge in [0.25, 0.3) is 5.17 Å². The van der Waals surface area contributed by atoms with E-state index in [1.165, 1.54) is 11.1 Å². The largest absolute Gasteiger partial charge is 0.470 e. The number of carbonyl (C=O) groups excluding carboxylic acids is 1. The first-order chi connectivity index (χ1) is 8.99. The van der Waals surface area contributed by atoms with E-state index in [9.17, 15) is 4.79 Å². The van der Waals surface area contributed by atoms with E-state index in [1.54, 1.807) is 4.90 Å². The monoisotopic (exact) mass is 279 g/mol. The van der Waals surface area contributed by atoms with Crippen molar-refractivity contribution in [2.45, 2.75) is 26.2 Å². The van der Waals surface area contributed by atoms with Gasteiger partial charge in [-0.2, -0.15) is 0 Å². The highest BCUT2D eigenvalue weighted by Gasteiger charge is 2.05. The summed E-state index contributed by atoms with van der Waals surface area (Å²) in [6.07, 6.45) is 1.76. The van der Waals surface area contributed by atoms with E-state index in [2.05, 4.69) is 25.1 Å². The molecule has 0 heterocycles. The highest BCUT2D eigenvalue weighted by molar-refractivity contribution is 7.80. The maximum absolute atomic E-state index is 11.7. The zero-order valence-electron chi connectivity index (χ0n) is 11.8. The maximum atomic E-state index is 11.7. The Kier molecular flexibility index (Phi) is 6.50. The first kappa shape index (κ1) is 15.6. The smallest absolute Gasteiger partial charge is 0.258 e. The molecule has 0 saturated carbocycles. The molecule has 0 amide bonds. The Bertz CT molecular complexity index is 444. The number of nitrogens with zero attached hydrogens (tertiary/aromatic N) is 1. The van der Waals surface area contributed by atoms with Gasteiger partial charge in [-0.25, -0.2) is 0 Å². The Morgan fingerprint density at radius 3 is 2.68 bits per heavy atom. The van der Waals surface area contributed by atoms with Crippen molar-refractivity contribution in [1.82, 2.24) is 4.90 Å². The van der Waals surface area contributed by atoms with Crippen LogP contribution in [-0.2, 0) is 16.0 Å². The van der Waals surface area contributed by atoms with Crippen molar-refractivity contribution in [2.75, 3.05) is 20.7 Å². The van der Waals surface area contributed by atoms with E-state index in [0.717, 1.165) is 6.42 Å². The summed E-state index contributed by atoms with van der Waals surface area (Å²) < 4.78 is 5.28. The van der Waals surface area contributed by atoms with Gasteiger partial charge in [-0.3, -0.25) is 4.79 Å². The minimum atomic E-state index is 0.211. The van der Waals surface area contributed by atoms with Crippen LogP contribution < -0.4 is 0 Å². The highest BCUT2D eigenvalue weighted by atomic mass is 32.1. The Hall–Kier alpha value is -1.42. The second-order valence-electron chi connectivity index (χ2n) is 4.79. The fourth-order valence-electron chi connectivity index (χ4n) is 1.66. The van der Waals surface area contributed by atoms with Gasteiger partial charge in [-0.15, -0.1) is 0 Å². The van der Waals surface area contributed by atoms with Crippen LogP contribution in [0.5, 0.6) is 0 Å². The molecule has 1 rings (SSSR count). The standard InChI is InChI=1S/C15H21NO2S/c1-12-5-4-6-13(11-12)7-8-14(17)9-10-18-15(19)16(2)3/h4-6,11H,7-10H2,1-3H3. The molecule has 0 N–H and O–H groups in total. The van der Waals surface area contributed by atoms with Gasteiger partial charge in [-0.1, -0.05) is 29.8 Å². The van der Waals surface area contributed by atoms with Crippen molar-refractivity contribution < 1.29 is 9.53 Å². The van der Waals surface area contributed by atoms with Gasteiger partial charge < -0.3 is 9.64 Å². The first-order valence-corrected chi connectivity index (χ1v) is 6.81. The lowest BCUT2D eigenvalue weighted by atomic mass is 10.0. The van der Waals surface area contributed by atoms with Crippen LogP contribution >= 0.6 is 12.2 Å². The fourth-order valence-corrected chi connectivity index (χ4v) is 1.74. The summed E-state index contributed by atoms with van der Waals surface area (Å²) in [6, 6.07) is 8.25. The van der Waals surface area contributed by atoms with Crippen LogP contribution in [0.1, 0.15) is 24.0 Å². The highest BCUT2D eigenvalue weighted by Crippen LogP contribution is 2.07. The van der Waals surface area contributed by atoms with Crippen molar-refractivity contribution in [3.63, 3.8) is 0 Å². The molecular weight excluding hydrogens is 258 g/mol. The zero-order valence-corrected chi connectivity index (χ0v) is 12.6. The average Bonchev–Trinajstić information content (AvgIpc) is 2.36. The van der Waals surface area contributed by atoms with E-state index in [-0.39, 0.29) is 5.78 Å². The Morgan fingerprint density at radius 2 is 2.05 bits per heavy atom. The molecule has 0 bridgehead atoms. The number of benzene rings is 1. The second kappa shape index (κ2) is 7.89. The minimum Gasteiger partial charge on any atom is -0.470 e. The van der Waals surface area contributed by atoms with E-state index in [4.69, 9.17) is 17.0 Å². The predicted octanol–water partition coefficient (Wildman–Crippen LogP) is 2.75. The van der Waals surface area contributed by atoms with Gasteiger partial charge in [0.1, 0.15) is 5.78 Å². The minimum absolute atomic E-state index is 0.211. The molecule has 0 unspecified atom stereocenters. The van der Waals surface area contributed by atoms with Gasteiger partial charge in [0, 0.05) is 26.9 Å². The quantitative estimate of drug-likeness (QED) is 0.749. The van der Waals surface area contributed by atoms with Crippen molar-refractivity contribution >= 4 is 23.2 Å². The summed E-state index contributed by atoms with van der Waals surface area (Å²) in [5.41, 5.74) is 2.43. The molecule has 1 aromatic rings. The van der Waals surface area contributed by atoms with Crippen LogP contribution in [0.25, 0.3) is 0 Å². The average molecular weight is 279 g/mol. The molecule has 0 aliphatic rings. The molecule has 0 fully saturated rings. The normalized spacial score (nSPS) is 10.1. The summed E-state index contributed by atoms with van der Waals surface area (Å²) in [4.78, 5) is 13.4. The summed E-state index contributed by atoms with van der Waals surface area (Å²) in [6.45, 7) is 2.42. The summed E-state index contributed by atoms with van der Waals surface area (Å²) in [5.74, 6) is 0.211. The third-order valence-electron chi connectivity index (χ3n) is 2.75. The molecule has 3 nitrogen and oxygen atoms in total. The number of Topliss-reactive ketones (excluding diaryl/α,β-unsaturated/α-hetero) is 1. The Morgan fingerprint density at radius 1 is 1.32 bits per heavy atom. The van der Waals surface area contributed by atoms with Gasteiger partial charge in [0.05, 0.1) is 6.61 Å². The van der Waals surface area contributed by atoms with Crippen molar-refractivity contribution in [2.24, 2.45) is 0 Å². The Balaban J connectivity index is 2.23. The molecule has 0 saturated heterocycles. The molecular formula is C15H21NO2S. The number of carbonyl (C=O) groups is 1. The molecule has 0 radical (unpaired) electrons. The van der Waals surface area contributed by atoms with Crippen LogP contribution in [0.2, 0.25) is 0 Å². The fraction of sp³-hybridized carbons (Fsp3) is 0.467. The van der Waals surface area contributed by atoms with Crippen LogP contribution in [0.4, 0.5) is 0 Å². The SMILES string of the molecule is Cc1cccc(CCC(=O)CCOC(=S)N(C)C)c1. The number of ketones is 1. The number of hydrogen-bond donors (Lipinski definition) is 0. The molecule has 0 spiro atoms. The van der Waals surface area contributed by atoms with Crippen LogP contribution in [-0.4, -0.2) is 36.6 Å². The lowest BCUT2D eigenvalue weighted by Gasteiger charge is -2.13. The summed E-state index contributed by atoms with van der Waals surface area (Å²) >= 11 is 4.98. The molecule has 4 heteroatoms. The summed E-state index contributed by atoms with van der Waals surface area (Å²) in [7, 11) is 3.64. The molecule has 0 aliphatic heterocycles. The van der Waals surface area contributed by atoms with E-state index in [0.29, 0.717) is 24.6 Å². The van der Waals surface area contributed by atoms with Crippen LogP contribution in [0, 0.1) is 6.92 Å². The van der Waals surface area contributed by atoms with Crippen LogP contribution in [0.15, 0.2) is 24.3 Å². The number of hydrogen-bond acceptors (Lipinski definition) is 3. The second-order valence-corrected chi connectivity index (χ2v) is 5.14. The third kappa shape index (κ3) is 6.34. The molecule has 19 heavy (non-hydrogen) atoms. The van der Waals surface area contributed by atoms with Crippen molar-refractivity contribution in [1.29, 1.82) is 0 Å². The van der Waals surface area contributed by atoms with Gasteiger partial charge in [0.15, 0.2) is 0 Å². The van der Waals surface area contributed by atoms with E-state index < -0.39 is 0 Å². The molecule has 104 valence electrons. The number of aryl methyl sites for hydroxylation is 2. The summed E-state index contributed by atoms with van der Waals surface area (Å²) in [5, 5.41) is 0.423. The number of rotatable bonds is 6. The first-order valence-electron chi connectivity index (χ1n) is 6.40. The lowest BCUT2D eigenvalue weighted by Crippen LogP contribution is -2.23. The predicted molar refractivity (Wildman–Crippen MR) is 81.4 cm³/mol. The lowest BCUT2D eigenvalue weighted by molar-refractivity contribution is -0.119. The van der Waals surface area contributed by atoms with Gasteiger partial charge in [0.2, 0.25) is 0 Å². The molecule has 1 aromatic carbocycles. The molecule has 0 aliphatic carbocycles. The zero-order chi connectivity index (χ0) is 14.3. The topological polar surface area (TPSA) is 29.5 Å². The van der Waals surface area contributed by atoms with Crippen LogP contribution in [0.3, 0.4) is 0 Å². The van der Waals surface area contributed by atoms with Crippen molar-refractivity contribution in [3.8, 4) is 0 Å². The third-order valence-corrected chi connectivity index (χ3v) is 3.23. The van der Waals surface area contributed by atoms with E-state index in [1.807, 2.05) is 20.2 Å². The molecule has 0 atom stereocenters.